The van der Waals surface area contributed by atoms with Crippen molar-refractivity contribution < 1.29 is 14.7 Å². The molecule has 0 aliphatic heterocycles. The molecule has 3 N–H and O–H groups in total. The van der Waals surface area contributed by atoms with Crippen LogP contribution >= 0.6 is 0 Å². The fraction of sp³-hybridized carbons (Fsp3) is 0.846. The molecule has 0 aromatic heterocycles. The zero-order valence-electron chi connectivity index (χ0n) is 12.0. The molecule has 0 rings (SSSR count). The quantitative estimate of drug-likeness (QED) is 0.660. The Hall–Kier alpha value is -1.10. The van der Waals surface area contributed by atoms with Crippen molar-refractivity contribution >= 4 is 11.8 Å². The molecule has 0 heterocycles. The van der Waals surface area contributed by atoms with E-state index in [4.69, 9.17) is 0 Å². The van der Waals surface area contributed by atoms with E-state index in [1.807, 2.05) is 6.92 Å². The molecule has 0 bridgehead atoms. The molecule has 0 radical (unpaired) electrons. The highest BCUT2D eigenvalue weighted by molar-refractivity contribution is 5.89. The number of carbonyl (C=O) groups is 2. The highest BCUT2D eigenvalue weighted by atomic mass is 16.3. The molecule has 0 saturated heterocycles. The third-order valence-electron chi connectivity index (χ3n) is 2.67. The van der Waals surface area contributed by atoms with Gasteiger partial charge in [0.15, 0.2) is 0 Å². The Bertz CT molecular complexity index is 284. The first-order chi connectivity index (χ1) is 8.18. The Balaban J connectivity index is 4.01. The summed E-state index contributed by atoms with van der Waals surface area (Å²) in [6, 6.07) is -0.560. The Kier molecular flexibility index (Phi) is 6.91. The molecular weight excluding hydrogens is 232 g/mol. The number of amides is 2. The summed E-state index contributed by atoms with van der Waals surface area (Å²) >= 11 is 0. The van der Waals surface area contributed by atoms with Crippen LogP contribution in [-0.2, 0) is 9.59 Å². The highest BCUT2D eigenvalue weighted by Crippen LogP contribution is 2.12. The molecule has 2 unspecified atom stereocenters. The van der Waals surface area contributed by atoms with Crippen LogP contribution in [0.1, 0.15) is 47.5 Å². The van der Waals surface area contributed by atoms with Crippen molar-refractivity contribution in [3.8, 4) is 0 Å². The summed E-state index contributed by atoms with van der Waals surface area (Å²) in [5.41, 5.74) is -0.507. The van der Waals surface area contributed by atoms with Crippen molar-refractivity contribution in [2.24, 2.45) is 5.41 Å². The van der Waals surface area contributed by atoms with Crippen LogP contribution in [0.25, 0.3) is 0 Å². The fourth-order valence-electron chi connectivity index (χ4n) is 1.20. The molecule has 5 heteroatoms. The van der Waals surface area contributed by atoms with Gasteiger partial charge in [-0.25, -0.2) is 0 Å². The van der Waals surface area contributed by atoms with Crippen LogP contribution in [0.5, 0.6) is 0 Å². The van der Waals surface area contributed by atoms with Crippen LogP contribution in [0.2, 0.25) is 0 Å². The van der Waals surface area contributed by atoms with Crippen LogP contribution < -0.4 is 10.6 Å². The average molecular weight is 258 g/mol. The molecule has 2 amide bonds. The number of aliphatic hydroxyl groups is 1. The van der Waals surface area contributed by atoms with E-state index in [2.05, 4.69) is 10.6 Å². The molecule has 0 aromatic carbocycles. The molecule has 106 valence electrons. The van der Waals surface area contributed by atoms with Crippen LogP contribution in [0, 0.1) is 5.41 Å². The van der Waals surface area contributed by atoms with Crippen molar-refractivity contribution in [2.45, 2.75) is 59.6 Å². The SMILES string of the molecule is CCC(O)CCNC(=O)C(C)NC(=O)C(C)(C)C. The third kappa shape index (κ3) is 6.59. The van der Waals surface area contributed by atoms with Crippen molar-refractivity contribution in [1.29, 1.82) is 0 Å². The lowest BCUT2D eigenvalue weighted by Crippen LogP contribution is -2.48. The second kappa shape index (κ2) is 7.36. The van der Waals surface area contributed by atoms with Gasteiger partial charge in [-0.15, -0.1) is 0 Å². The van der Waals surface area contributed by atoms with Crippen LogP contribution in [0.4, 0.5) is 0 Å². The molecule has 0 spiro atoms. The van der Waals surface area contributed by atoms with Gasteiger partial charge < -0.3 is 15.7 Å². The third-order valence-corrected chi connectivity index (χ3v) is 2.67. The van der Waals surface area contributed by atoms with Crippen LogP contribution in [-0.4, -0.2) is 35.6 Å². The van der Waals surface area contributed by atoms with Crippen molar-refractivity contribution in [3.05, 3.63) is 0 Å². The maximum Gasteiger partial charge on any atom is 0.242 e. The van der Waals surface area contributed by atoms with Gasteiger partial charge in [-0.2, -0.15) is 0 Å². The zero-order chi connectivity index (χ0) is 14.3. The van der Waals surface area contributed by atoms with Crippen molar-refractivity contribution in [2.75, 3.05) is 6.54 Å². The maximum atomic E-state index is 11.7. The molecule has 5 nitrogen and oxygen atoms in total. The van der Waals surface area contributed by atoms with Gasteiger partial charge in [0.05, 0.1) is 6.10 Å². The first kappa shape index (κ1) is 16.9. The summed E-state index contributed by atoms with van der Waals surface area (Å²) in [6.45, 7) is 9.34. The van der Waals surface area contributed by atoms with Gasteiger partial charge in [-0.05, 0) is 19.8 Å². The van der Waals surface area contributed by atoms with Gasteiger partial charge in [0.1, 0.15) is 6.04 Å². The molecule has 0 aliphatic carbocycles. The van der Waals surface area contributed by atoms with E-state index in [-0.39, 0.29) is 17.9 Å². The van der Waals surface area contributed by atoms with Gasteiger partial charge in [0, 0.05) is 12.0 Å². The standard InChI is InChI=1S/C13H26N2O3/c1-6-10(16)7-8-14-11(17)9(2)15-12(18)13(3,4)5/h9-10,16H,6-8H2,1-5H3,(H,14,17)(H,15,18). The Morgan fingerprint density at radius 3 is 2.28 bits per heavy atom. The lowest BCUT2D eigenvalue weighted by Gasteiger charge is -2.21. The summed E-state index contributed by atoms with van der Waals surface area (Å²) in [6.07, 6.45) is 0.818. The van der Waals surface area contributed by atoms with Gasteiger partial charge in [0.2, 0.25) is 11.8 Å². The minimum absolute atomic E-state index is 0.154. The fourth-order valence-corrected chi connectivity index (χ4v) is 1.20. The minimum atomic E-state index is -0.560. The predicted molar refractivity (Wildman–Crippen MR) is 71.0 cm³/mol. The van der Waals surface area contributed by atoms with E-state index in [9.17, 15) is 14.7 Å². The average Bonchev–Trinajstić information content (AvgIpc) is 2.27. The van der Waals surface area contributed by atoms with E-state index < -0.39 is 11.5 Å². The van der Waals surface area contributed by atoms with Gasteiger partial charge in [0.25, 0.3) is 0 Å². The van der Waals surface area contributed by atoms with Gasteiger partial charge in [-0.1, -0.05) is 27.7 Å². The molecule has 0 aromatic rings. The molecule has 0 fully saturated rings. The normalized spacial score (nSPS) is 14.8. The zero-order valence-corrected chi connectivity index (χ0v) is 12.0. The number of hydrogen-bond acceptors (Lipinski definition) is 3. The predicted octanol–water partition coefficient (Wildman–Crippen LogP) is 0.814. The lowest BCUT2D eigenvalue weighted by molar-refractivity contribution is -0.133. The van der Waals surface area contributed by atoms with E-state index in [0.717, 1.165) is 0 Å². The Morgan fingerprint density at radius 2 is 1.83 bits per heavy atom. The van der Waals surface area contributed by atoms with Crippen LogP contribution in [0.15, 0.2) is 0 Å². The van der Waals surface area contributed by atoms with E-state index in [1.165, 1.54) is 0 Å². The molecule has 0 saturated carbocycles. The molecule has 18 heavy (non-hydrogen) atoms. The first-order valence-electron chi connectivity index (χ1n) is 6.45. The Morgan fingerprint density at radius 1 is 1.28 bits per heavy atom. The highest BCUT2D eigenvalue weighted by Gasteiger charge is 2.24. The largest absolute Gasteiger partial charge is 0.393 e. The molecule has 2 atom stereocenters. The van der Waals surface area contributed by atoms with Gasteiger partial charge >= 0.3 is 0 Å². The maximum absolute atomic E-state index is 11.7. The van der Waals surface area contributed by atoms with E-state index in [1.54, 1.807) is 27.7 Å². The second-order valence-electron chi connectivity index (χ2n) is 5.59. The van der Waals surface area contributed by atoms with Crippen molar-refractivity contribution in [3.63, 3.8) is 0 Å². The summed E-state index contributed by atoms with van der Waals surface area (Å²) in [5.74, 6) is -0.380. The van der Waals surface area contributed by atoms with Gasteiger partial charge in [-0.3, -0.25) is 9.59 Å². The smallest absolute Gasteiger partial charge is 0.242 e. The lowest BCUT2D eigenvalue weighted by atomic mass is 9.95. The second-order valence-corrected chi connectivity index (χ2v) is 5.59. The molecule has 0 aliphatic rings. The summed E-state index contributed by atoms with van der Waals surface area (Å²) in [5, 5.41) is 14.7. The Labute approximate surface area is 109 Å². The van der Waals surface area contributed by atoms with E-state index >= 15 is 0 Å². The number of carbonyl (C=O) groups excluding carboxylic acids is 2. The molecular formula is C13H26N2O3. The number of nitrogens with one attached hydrogen (secondary N) is 2. The minimum Gasteiger partial charge on any atom is -0.393 e. The number of aliphatic hydroxyl groups excluding tert-OH is 1. The summed E-state index contributed by atoms with van der Waals surface area (Å²) < 4.78 is 0. The number of rotatable bonds is 6. The van der Waals surface area contributed by atoms with Crippen molar-refractivity contribution in [1.82, 2.24) is 10.6 Å². The van der Waals surface area contributed by atoms with E-state index in [0.29, 0.717) is 19.4 Å². The number of hydrogen-bond donors (Lipinski definition) is 3. The summed E-state index contributed by atoms with van der Waals surface area (Å²) in [7, 11) is 0. The summed E-state index contributed by atoms with van der Waals surface area (Å²) in [4.78, 5) is 23.3. The topological polar surface area (TPSA) is 78.4 Å². The monoisotopic (exact) mass is 258 g/mol. The first-order valence-corrected chi connectivity index (χ1v) is 6.45. The van der Waals surface area contributed by atoms with Crippen LogP contribution in [0.3, 0.4) is 0 Å².